The van der Waals surface area contributed by atoms with Gasteiger partial charge >= 0.3 is 0 Å². The molecular weight excluding hydrogens is 200 g/mol. The molecule has 0 aliphatic carbocycles. The summed E-state index contributed by atoms with van der Waals surface area (Å²) < 4.78 is 0. The van der Waals surface area contributed by atoms with E-state index >= 15 is 0 Å². The molecule has 4 heteroatoms. The Morgan fingerprint density at radius 2 is 2.12 bits per heavy atom. The fourth-order valence-electron chi connectivity index (χ4n) is 1.94. The quantitative estimate of drug-likeness (QED) is 0.796. The van der Waals surface area contributed by atoms with Gasteiger partial charge in [-0.1, -0.05) is 12.1 Å². The van der Waals surface area contributed by atoms with E-state index in [1.807, 2.05) is 24.3 Å². The summed E-state index contributed by atoms with van der Waals surface area (Å²) in [7, 11) is 0. The number of aromatic nitrogens is 2. The Morgan fingerprint density at radius 1 is 1.31 bits per heavy atom. The van der Waals surface area contributed by atoms with E-state index in [4.69, 9.17) is 5.26 Å². The molecule has 2 N–H and O–H groups in total. The fourth-order valence-corrected chi connectivity index (χ4v) is 1.94. The van der Waals surface area contributed by atoms with Crippen molar-refractivity contribution in [2.75, 3.05) is 5.32 Å². The van der Waals surface area contributed by atoms with Crippen molar-refractivity contribution >= 4 is 5.82 Å². The maximum Gasteiger partial charge on any atom is 0.130 e. The van der Waals surface area contributed by atoms with Crippen LogP contribution in [0, 0.1) is 11.3 Å². The van der Waals surface area contributed by atoms with E-state index in [9.17, 15) is 0 Å². The van der Waals surface area contributed by atoms with Crippen LogP contribution in [0.1, 0.15) is 23.0 Å². The molecule has 0 saturated carbocycles. The number of hydrogen-bond acceptors (Lipinski definition) is 3. The van der Waals surface area contributed by atoms with Gasteiger partial charge in [0.1, 0.15) is 11.6 Å². The molecule has 1 atom stereocenters. The van der Waals surface area contributed by atoms with E-state index in [2.05, 4.69) is 21.4 Å². The third-order valence-corrected chi connectivity index (χ3v) is 2.78. The average molecular weight is 210 g/mol. The van der Waals surface area contributed by atoms with Gasteiger partial charge < -0.3 is 10.3 Å². The summed E-state index contributed by atoms with van der Waals surface area (Å²) in [4.78, 5) is 7.41. The second-order valence-electron chi connectivity index (χ2n) is 3.89. The molecule has 2 heterocycles. The summed E-state index contributed by atoms with van der Waals surface area (Å²) in [6, 6.07) is 10.0. The van der Waals surface area contributed by atoms with Gasteiger partial charge in [0.25, 0.3) is 0 Å². The number of anilines is 1. The molecule has 4 nitrogen and oxygen atoms in total. The molecule has 3 rings (SSSR count). The molecule has 1 aromatic carbocycles. The predicted molar refractivity (Wildman–Crippen MR) is 59.8 cm³/mol. The van der Waals surface area contributed by atoms with Gasteiger partial charge in [0, 0.05) is 0 Å². The Bertz CT molecular complexity index is 547. The minimum Gasteiger partial charge on any atom is -0.360 e. The molecular formula is C12H10N4. The number of nitrogens with one attached hydrogen (secondary N) is 2. The summed E-state index contributed by atoms with van der Waals surface area (Å²) in [6.07, 6.45) is 2.68. The van der Waals surface area contributed by atoms with Gasteiger partial charge in [-0.15, -0.1) is 0 Å². The van der Waals surface area contributed by atoms with Crippen LogP contribution in [0.4, 0.5) is 5.82 Å². The molecule has 1 aliphatic heterocycles. The highest BCUT2D eigenvalue weighted by Crippen LogP contribution is 2.27. The van der Waals surface area contributed by atoms with Crippen molar-refractivity contribution in [1.29, 1.82) is 5.26 Å². The number of rotatable bonds is 2. The molecule has 2 aromatic rings. The predicted octanol–water partition coefficient (Wildman–Crippen LogP) is 1.99. The van der Waals surface area contributed by atoms with Crippen molar-refractivity contribution in [2.24, 2.45) is 0 Å². The largest absolute Gasteiger partial charge is 0.360 e. The van der Waals surface area contributed by atoms with Crippen LogP contribution < -0.4 is 5.32 Å². The van der Waals surface area contributed by atoms with Crippen LogP contribution in [-0.2, 0) is 6.42 Å². The van der Waals surface area contributed by atoms with E-state index < -0.39 is 0 Å². The van der Waals surface area contributed by atoms with Gasteiger partial charge in [-0.2, -0.15) is 5.26 Å². The van der Waals surface area contributed by atoms with E-state index in [1.165, 1.54) is 5.56 Å². The highest BCUT2D eigenvalue weighted by Gasteiger charge is 2.22. The third kappa shape index (κ3) is 1.43. The molecule has 1 unspecified atom stereocenters. The zero-order valence-corrected chi connectivity index (χ0v) is 8.57. The lowest BCUT2D eigenvalue weighted by atomic mass is 10.0. The summed E-state index contributed by atoms with van der Waals surface area (Å²) in [5, 5.41) is 12.0. The molecule has 1 aliphatic rings. The molecule has 16 heavy (non-hydrogen) atoms. The lowest BCUT2D eigenvalue weighted by molar-refractivity contribution is 0.748. The smallest absolute Gasteiger partial charge is 0.130 e. The van der Waals surface area contributed by atoms with Gasteiger partial charge in [0.05, 0.1) is 23.9 Å². The van der Waals surface area contributed by atoms with Crippen molar-refractivity contribution in [3.8, 4) is 6.07 Å². The first kappa shape index (κ1) is 8.98. The van der Waals surface area contributed by atoms with E-state index in [0.717, 1.165) is 18.1 Å². The number of aromatic amines is 1. The van der Waals surface area contributed by atoms with Crippen molar-refractivity contribution < 1.29 is 0 Å². The Labute approximate surface area is 92.9 Å². The number of imidazole rings is 1. The van der Waals surface area contributed by atoms with Crippen molar-refractivity contribution in [1.82, 2.24) is 9.97 Å². The van der Waals surface area contributed by atoms with Crippen LogP contribution in [-0.4, -0.2) is 9.97 Å². The van der Waals surface area contributed by atoms with Gasteiger partial charge in [-0.05, 0) is 24.1 Å². The third-order valence-electron chi connectivity index (χ3n) is 2.78. The standard InChI is InChI=1S/C12H10N4/c13-6-9-3-1-8(2-4-9)5-10-12-14-7-11(15-10)16-12/h1-4,7,10,15H,5H2,(H,14,16). The molecule has 1 aromatic heterocycles. The second kappa shape index (κ2) is 3.38. The molecule has 0 fully saturated rings. The van der Waals surface area contributed by atoms with E-state index in [1.54, 1.807) is 6.20 Å². The van der Waals surface area contributed by atoms with Crippen LogP contribution in [0.25, 0.3) is 0 Å². The summed E-state index contributed by atoms with van der Waals surface area (Å²) in [6.45, 7) is 0. The molecule has 0 radical (unpaired) electrons. The summed E-state index contributed by atoms with van der Waals surface area (Å²) in [5.41, 5.74) is 1.90. The van der Waals surface area contributed by atoms with E-state index in [-0.39, 0.29) is 6.04 Å². The first-order valence-corrected chi connectivity index (χ1v) is 5.15. The minimum atomic E-state index is 0.243. The first-order valence-electron chi connectivity index (χ1n) is 5.15. The molecule has 2 bridgehead atoms. The number of hydrogen-bond donors (Lipinski definition) is 2. The molecule has 0 spiro atoms. The van der Waals surface area contributed by atoms with E-state index in [0.29, 0.717) is 5.56 Å². The van der Waals surface area contributed by atoms with Gasteiger partial charge in [0.2, 0.25) is 0 Å². The Kier molecular flexibility index (Phi) is 1.90. The SMILES string of the molecule is N#Cc1ccc(CC2Nc3cnc2[nH]3)cc1. The maximum atomic E-state index is 8.70. The van der Waals surface area contributed by atoms with Crippen LogP contribution in [0.5, 0.6) is 0 Å². The number of benzene rings is 1. The monoisotopic (exact) mass is 210 g/mol. The normalized spacial score (nSPS) is 16.8. The molecule has 0 saturated heterocycles. The number of H-pyrrole nitrogens is 1. The Hall–Kier alpha value is -2.28. The topological polar surface area (TPSA) is 64.5 Å². The zero-order valence-electron chi connectivity index (χ0n) is 8.57. The van der Waals surface area contributed by atoms with Crippen LogP contribution in [0.2, 0.25) is 0 Å². The lowest BCUT2D eigenvalue weighted by Gasteiger charge is -2.12. The van der Waals surface area contributed by atoms with Crippen LogP contribution >= 0.6 is 0 Å². The second-order valence-corrected chi connectivity index (χ2v) is 3.89. The van der Waals surface area contributed by atoms with Crippen molar-refractivity contribution in [3.63, 3.8) is 0 Å². The van der Waals surface area contributed by atoms with Crippen LogP contribution in [0.3, 0.4) is 0 Å². The highest BCUT2D eigenvalue weighted by atomic mass is 15.2. The summed E-state index contributed by atoms with van der Waals surface area (Å²) in [5.74, 6) is 1.97. The average Bonchev–Trinajstić information content (AvgIpc) is 2.92. The van der Waals surface area contributed by atoms with Crippen molar-refractivity contribution in [3.05, 3.63) is 47.4 Å². The first-order chi connectivity index (χ1) is 7.85. The maximum absolute atomic E-state index is 8.70. The fraction of sp³-hybridized carbons (Fsp3) is 0.167. The minimum absolute atomic E-state index is 0.243. The highest BCUT2D eigenvalue weighted by molar-refractivity contribution is 5.43. The molecule has 78 valence electrons. The van der Waals surface area contributed by atoms with Gasteiger partial charge in [-0.25, -0.2) is 4.98 Å². The van der Waals surface area contributed by atoms with Gasteiger partial charge in [-0.3, -0.25) is 0 Å². The van der Waals surface area contributed by atoms with Crippen LogP contribution in [0.15, 0.2) is 30.5 Å². The Morgan fingerprint density at radius 3 is 2.69 bits per heavy atom. The summed E-state index contributed by atoms with van der Waals surface area (Å²) >= 11 is 0. The Balaban J connectivity index is 1.76. The molecule has 0 amide bonds. The number of fused-ring (bicyclic) bond motifs is 2. The number of nitriles is 1. The van der Waals surface area contributed by atoms with Crippen molar-refractivity contribution in [2.45, 2.75) is 12.5 Å². The lowest BCUT2D eigenvalue weighted by Crippen LogP contribution is -2.11. The number of nitrogens with zero attached hydrogens (tertiary/aromatic N) is 2. The zero-order chi connectivity index (χ0) is 11.0. The van der Waals surface area contributed by atoms with Gasteiger partial charge in [0.15, 0.2) is 0 Å².